The SMILES string of the molecule is COc1cccc(C(=O)N2CCN(C(=O)c3cc(C)on3)C2C(=O)NCCN)c1. The normalized spacial score (nSPS) is 16.0. The monoisotopic (exact) mass is 401 g/mol. The lowest BCUT2D eigenvalue weighted by molar-refractivity contribution is -0.128. The van der Waals surface area contributed by atoms with Crippen molar-refractivity contribution in [1.82, 2.24) is 20.3 Å². The Morgan fingerprint density at radius 2 is 1.97 bits per heavy atom. The molecule has 0 saturated carbocycles. The molecule has 29 heavy (non-hydrogen) atoms. The lowest BCUT2D eigenvalue weighted by atomic mass is 10.2. The fourth-order valence-electron chi connectivity index (χ4n) is 3.16. The molecule has 1 fully saturated rings. The second-order valence-electron chi connectivity index (χ2n) is 6.51. The minimum Gasteiger partial charge on any atom is -0.497 e. The third-order valence-electron chi connectivity index (χ3n) is 4.54. The second kappa shape index (κ2) is 8.74. The van der Waals surface area contributed by atoms with Crippen molar-refractivity contribution in [2.45, 2.75) is 13.1 Å². The van der Waals surface area contributed by atoms with Gasteiger partial charge in [0.2, 0.25) is 0 Å². The summed E-state index contributed by atoms with van der Waals surface area (Å²) in [6.07, 6.45) is -1.12. The molecule has 0 spiro atoms. The van der Waals surface area contributed by atoms with E-state index in [-0.39, 0.29) is 37.8 Å². The van der Waals surface area contributed by atoms with Crippen molar-refractivity contribution in [3.8, 4) is 5.75 Å². The van der Waals surface area contributed by atoms with Gasteiger partial charge >= 0.3 is 0 Å². The van der Waals surface area contributed by atoms with E-state index in [1.807, 2.05) is 0 Å². The number of nitrogens with one attached hydrogen (secondary N) is 1. The van der Waals surface area contributed by atoms with Gasteiger partial charge < -0.3 is 30.1 Å². The van der Waals surface area contributed by atoms with E-state index in [0.29, 0.717) is 17.1 Å². The molecule has 0 aliphatic carbocycles. The van der Waals surface area contributed by atoms with Crippen molar-refractivity contribution >= 4 is 17.7 Å². The van der Waals surface area contributed by atoms with Gasteiger partial charge in [-0.2, -0.15) is 0 Å². The zero-order valence-electron chi connectivity index (χ0n) is 16.3. The number of rotatable bonds is 6. The summed E-state index contributed by atoms with van der Waals surface area (Å²) in [5, 5.41) is 6.38. The van der Waals surface area contributed by atoms with Crippen LogP contribution in [0.1, 0.15) is 26.6 Å². The van der Waals surface area contributed by atoms with Crippen LogP contribution in [0.4, 0.5) is 0 Å². The summed E-state index contributed by atoms with van der Waals surface area (Å²) >= 11 is 0. The predicted molar refractivity (Wildman–Crippen MR) is 102 cm³/mol. The fourth-order valence-corrected chi connectivity index (χ4v) is 3.16. The van der Waals surface area contributed by atoms with Crippen LogP contribution in [0.2, 0.25) is 0 Å². The van der Waals surface area contributed by atoms with Crippen molar-refractivity contribution in [2.24, 2.45) is 5.73 Å². The zero-order valence-corrected chi connectivity index (χ0v) is 16.3. The summed E-state index contributed by atoms with van der Waals surface area (Å²) in [4.78, 5) is 41.5. The topological polar surface area (TPSA) is 131 Å². The minimum absolute atomic E-state index is 0.0785. The number of hydrogen-bond acceptors (Lipinski definition) is 7. The molecule has 1 unspecified atom stereocenters. The third kappa shape index (κ3) is 4.21. The molecule has 2 heterocycles. The van der Waals surface area contributed by atoms with Gasteiger partial charge in [0.25, 0.3) is 17.7 Å². The van der Waals surface area contributed by atoms with E-state index in [4.69, 9.17) is 15.0 Å². The van der Waals surface area contributed by atoms with Crippen molar-refractivity contribution in [3.63, 3.8) is 0 Å². The van der Waals surface area contributed by atoms with Crippen molar-refractivity contribution in [1.29, 1.82) is 0 Å². The first-order chi connectivity index (χ1) is 14.0. The van der Waals surface area contributed by atoms with Crippen LogP contribution in [0.25, 0.3) is 0 Å². The van der Waals surface area contributed by atoms with Crippen LogP contribution < -0.4 is 15.8 Å². The number of methoxy groups -OCH3 is 1. The standard InChI is InChI=1S/C19H23N5O5/c1-12-10-15(22-29-12)19(27)24-9-8-23(17(24)16(25)21-7-6-20)18(26)13-4-3-5-14(11-13)28-2/h3-5,10-11,17H,6-9,20H2,1-2H3,(H,21,25). The van der Waals surface area contributed by atoms with Gasteiger partial charge in [-0.05, 0) is 25.1 Å². The molecule has 0 bridgehead atoms. The maximum absolute atomic E-state index is 13.1. The van der Waals surface area contributed by atoms with Crippen LogP contribution in [-0.2, 0) is 4.79 Å². The molecule has 1 aromatic heterocycles. The number of carbonyl (C=O) groups excluding carboxylic acids is 3. The van der Waals surface area contributed by atoms with E-state index in [1.54, 1.807) is 31.2 Å². The van der Waals surface area contributed by atoms with E-state index in [0.717, 1.165) is 0 Å². The molecule has 1 aromatic carbocycles. The molecule has 0 radical (unpaired) electrons. The molecule has 3 amide bonds. The number of aryl methyl sites for hydroxylation is 1. The van der Waals surface area contributed by atoms with Crippen LogP contribution in [-0.4, -0.2) is 72.1 Å². The smallest absolute Gasteiger partial charge is 0.278 e. The van der Waals surface area contributed by atoms with Crippen molar-refractivity contribution in [2.75, 3.05) is 33.3 Å². The number of nitrogens with zero attached hydrogens (tertiary/aromatic N) is 3. The molecule has 3 N–H and O–H groups in total. The van der Waals surface area contributed by atoms with Crippen LogP contribution in [0.3, 0.4) is 0 Å². The van der Waals surface area contributed by atoms with Crippen molar-refractivity contribution in [3.05, 3.63) is 47.3 Å². The average Bonchev–Trinajstić information content (AvgIpc) is 3.37. The van der Waals surface area contributed by atoms with E-state index >= 15 is 0 Å². The zero-order chi connectivity index (χ0) is 21.0. The first-order valence-electron chi connectivity index (χ1n) is 9.13. The van der Waals surface area contributed by atoms with Crippen LogP contribution in [0.5, 0.6) is 5.75 Å². The molecule has 1 atom stereocenters. The number of benzene rings is 1. The number of ether oxygens (including phenoxy) is 1. The number of carbonyl (C=O) groups is 3. The van der Waals surface area contributed by atoms with E-state index in [2.05, 4.69) is 10.5 Å². The van der Waals surface area contributed by atoms with Gasteiger partial charge in [0.05, 0.1) is 7.11 Å². The van der Waals surface area contributed by atoms with Gasteiger partial charge in [-0.1, -0.05) is 11.2 Å². The molecule has 3 rings (SSSR count). The van der Waals surface area contributed by atoms with Gasteiger partial charge in [0, 0.05) is 37.8 Å². The first kappa shape index (κ1) is 20.3. The molecule has 1 aliphatic rings. The predicted octanol–water partition coefficient (Wildman–Crippen LogP) is -0.00918. The molecule has 10 heteroatoms. The molecule has 154 valence electrons. The van der Waals surface area contributed by atoms with Gasteiger partial charge in [-0.25, -0.2) is 0 Å². The maximum atomic E-state index is 13.1. The summed E-state index contributed by atoms with van der Waals surface area (Å²) in [6.45, 7) is 2.50. The van der Waals surface area contributed by atoms with Crippen molar-refractivity contribution < 1.29 is 23.6 Å². The Morgan fingerprint density at radius 3 is 2.59 bits per heavy atom. The Balaban J connectivity index is 1.90. The second-order valence-corrected chi connectivity index (χ2v) is 6.51. The van der Waals surface area contributed by atoms with E-state index in [9.17, 15) is 14.4 Å². The third-order valence-corrected chi connectivity index (χ3v) is 4.54. The highest BCUT2D eigenvalue weighted by Gasteiger charge is 2.43. The fraction of sp³-hybridized carbons (Fsp3) is 0.368. The van der Waals surface area contributed by atoms with Gasteiger partial charge in [0.15, 0.2) is 11.9 Å². The highest BCUT2D eigenvalue weighted by Crippen LogP contribution is 2.22. The Labute approximate surface area is 167 Å². The van der Waals surface area contributed by atoms with Crippen LogP contribution >= 0.6 is 0 Å². The Hall–Kier alpha value is -3.40. The highest BCUT2D eigenvalue weighted by molar-refractivity contribution is 6.01. The van der Waals surface area contributed by atoms with Crippen LogP contribution in [0.15, 0.2) is 34.9 Å². The maximum Gasteiger partial charge on any atom is 0.278 e. The van der Waals surface area contributed by atoms with Gasteiger partial charge in [-0.15, -0.1) is 0 Å². The van der Waals surface area contributed by atoms with Gasteiger partial charge in [0.1, 0.15) is 11.5 Å². The number of aromatic nitrogens is 1. The lowest BCUT2D eigenvalue weighted by Crippen LogP contribution is -2.54. The Morgan fingerprint density at radius 1 is 1.24 bits per heavy atom. The molecular formula is C19H23N5O5. The molecule has 10 nitrogen and oxygen atoms in total. The summed E-state index contributed by atoms with van der Waals surface area (Å²) < 4.78 is 10.1. The van der Waals surface area contributed by atoms with Crippen LogP contribution in [0, 0.1) is 6.92 Å². The quantitative estimate of drug-likeness (QED) is 0.696. The highest BCUT2D eigenvalue weighted by atomic mass is 16.5. The summed E-state index contributed by atoms with van der Waals surface area (Å²) in [7, 11) is 1.50. The molecule has 1 saturated heterocycles. The first-order valence-corrected chi connectivity index (χ1v) is 9.13. The lowest BCUT2D eigenvalue weighted by Gasteiger charge is -2.28. The number of nitrogens with two attached hydrogens (primary N) is 1. The summed E-state index contributed by atoms with van der Waals surface area (Å²) in [5.74, 6) is -0.372. The molecular weight excluding hydrogens is 378 g/mol. The summed E-state index contributed by atoms with van der Waals surface area (Å²) in [5.41, 5.74) is 5.90. The van der Waals surface area contributed by atoms with E-state index < -0.39 is 18.0 Å². The Bertz CT molecular complexity index is 912. The average molecular weight is 401 g/mol. The minimum atomic E-state index is -1.12. The van der Waals surface area contributed by atoms with E-state index in [1.165, 1.54) is 23.0 Å². The summed E-state index contributed by atoms with van der Waals surface area (Å²) in [6, 6.07) is 8.11. The molecule has 1 aliphatic heterocycles. The largest absolute Gasteiger partial charge is 0.497 e. The van der Waals surface area contributed by atoms with Gasteiger partial charge in [-0.3, -0.25) is 14.4 Å². The number of amides is 3. The number of hydrogen-bond donors (Lipinski definition) is 2. The molecule has 2 aromatic rings. The Kier molecular flexibility index (Phi) is 6.13.